The summed E-state index contributed by atoms with van der Waals surface area (Å²) >= 11 is 3.07. The van der Waals surface area contributed by atoms with Gasteiger partial charge in [-0.3, -0.25) is 9.59 Å². The van der Waals surface area contributed by atoms with Crippen molar-refractivity contribution in [3.05, 3.63) is 56.2 Å². The Kier molecular flexibility index (Phi) is 5.03. The molecule has 0 fully saturated rings. The molecule has 2 aromatic heterocycles. The second-order valence-corrected chi connectivity index (χ2v) is 8.83. The Morgan fingerprint density at radius 1 is 1.39 bits per heavy atom. The van der Waals surface area contributed by atoms with Crippen LogP contribution in [0.25, 0.3) is 10.2 Å². The lowest BCUT2D eigenvalue weighted by Gasteiger charge is -2.17. The fourth-order valence-corrected chi connectivity index (χ4v) is 5.13. The predicted octanol–water partition coefficient (Wildman–Crippen LogP) is 3.30. The second kappa shape index (κ2) is 7.48. The standard InChI is InChI=1S/C19H17FN4O2S2/c1-9-10(2)28-19-17(9)18(26)21-15(22-19)8-16(25)24-23-13-5-6-27-14-4-3-11(20)7-12(13)14/h3-4,7H,5-6,8H2,1-2H3,(H,24,25)(H,21,22,26). The molecule has 1 aliphatic rings. The zero-order valence-corrected chi connectivity index (χ0v) is 16.9. The molecule has 0 radical (unpaired) electrons. The number of fused-ring (bicyclic) bond motifs is 2. The van der Waals surface area contributed by atoms with Crippen LogP contribution in [0.3, 0.4) is 0 Å². The Hall–Kier alpha value is -2.52. The van der Waals surface area contributed by atoms with E-state index in [4.69, 9.17) is 0 Å². The lowest BCUT2D eigenvalue weighted by Crippen LogP contribution is -2.25. The molecule has 3 aromatic rings. The molecule has 1 amide bonds. The predicted molar refractivity (Wildman–Crippen MR) is 110 cm³/mol. The summed E-state index contributed by atoms with van der Waals surface area (Å²) in [7, 11) is 0. The quantitative estimate of drug-likeness (QED) is 0.642. The van der Waals surface area contributed by atoms with Gasteiger partial charge in [0.15, 0.2) is 0 Å². The summed E-state index contributed by atoms with van der Waals surface area (Å²) in [6, 6.07) is 4.57. The molecule has 0 atom stereocenters. The number of rotatable bonds is 3. The molecule has 4 rings (SSSR count). The Morgan fingerprint density at radius 3 is 3.04 bits per heavy atom. The van der Waals surface area contributed by atoms with Crippen molar-refractivity contribution in [3.8, 4) is 0 Å². The van der Waals surface area contributed by atoms with Gasteiger partial charge in [0.1, 0.15) is 16.5 Å². The molecule has 0 spiro atoms. The SMILES string of the molecule is Cc1sc2nc(CC(=O)NN=C3CCSc4ccc(F)cc43)[nH]c(=O)c2c1C. The van der Waals surface area contributed by atoms with E-state index in [-0.39, 0.29) is 17.8 Å². The van der Waals surface area contributed by atoms with Gasteiger partial charge in [0.2, 0.25) is 5.91 Å². The smallest absolute Gasteiger partial charge is 0.259 e. The third kappa shape index (κ3) is 3.59. The lowest BCUT2D eigenvalue weighted by molar-refractivity contribution is -0.120. The molecule has 0 saturated carbocycles. The first-order valence-electron chi connectivity index (χ1n) is 8.69. The number of halogens is 1. The van der Waals surface area contributed by atoms with Crippen LogP contribution in [-0.2, 0) is 11.2 Å². The zero-order valence-electron chi connectivity index (χ0n) is 15.3. The third-order valence-corrected chi connectivity index (χ3v) is 6.76. The number of amides is 1. The number of nitrogens with one attached hydrogen (secondary N) is 2. The Labute approximate surface area is 168 Å². The van der Waals surface area contributed by atoms with Crippen molar-refractivity contribution in [1.82, 2.24) is 15.4 Å². The van der Waals surface area contributed by atoms with Gasteiger partial charge in [-0.2, -0.15) is 5.10 Å². The molecule has 0 saturated heterocycles. The van der Waals surface area contributed by atoms with Crippen LogP contribution in [0.4, 0.5) is 4.39 Å². The van der Waals surface area contributed by atoms with Crippen molar-refractivity contribution in [2.45, 2.75) is 31.6 Å². The van der Waals surface area contributed by atoms with Gasteiger partial charge in [-0.05, 0) is 37.6 Å². The molecule has 0 bridgehead atoms. The van der Waals surface area contributed by atoms with Crippen molar-refractivity contribution in [1.29, 1.82) is 0 Å². The Morgan fingerprint density at radius 2 is 2.21 bits per heavy atom. The van der Waals surface area contributed by atoms with E-state index in [9.17, 15) is 14.0 Å². The zero-order chi connectivity index (χ0) is 19.8. The van der Waals surface area contributed by atoms with Gasteiger partial charge >= 0.3 is 0 Å². The van der Waals surface area contributed by atoms with Crippen molar-refractivity contribution in [2.24, 2.45) is 5.10 Å². The van der Waals surface area contributed by atoms with E-state index >= 15 is 0 Å². The Balaban J connectivity index is 1.53. The minimum atomic E-state index is -0.392. The first kappa shape index (κ1) is 18.8. The summed E-state index contributed by atoms with van der Waals surface area (Å²) in [5, 5.41) is 4.76. The number of carbonyl (C=O) groups excluding carboxylic acids is 1. The molecular formula is C19H17FN4O2S2. The van der Waals surface area contributed by atoms with Crippen LogP contribution in [0.2, 0.25) is 0 Å². The van der Waals surface area contributed by atoms with Crippen LogP contribution in [-0.4, -0.2) is 27.3 Å². The maximum atomic E-state index is 13.6. The van der Waals surface area contributed by atoms with Crippen LogP contribution in [0.1, 0.15) is 28.2 Å². The lowest BCUT2D eigenvalue weighted by atomic mass is 10.1. The molecule has 9 heteroatoms. The maximum Gasteiger partial charge on any atom is 0.259 e. The highest BCUT2D eigenvalue weighted by Crippen LogP contribution is 2.30. The highest BCUT2D eigenvalue weighted by molar-refractivity contribution is 7.99. The molecule has 2 N–H and O–H groups in total. The van der Waals surface area contributed by atoms with Crippen LogP contribution >= 0.6 is 23.1 Å². The summed E-state index contributed by atoms with van der Waals surface area (Å²) in [6.07, 6.45) is 0.541. The first-order valence-corrected chi connectivity index (χ1v) is 10.5. The third-order valence-electron chi connectivity index (χ3n) is 4.58. The summed E-state index contributed by atoms with van der Waals surface area (Å²) in [4.78, 5) is 34.3. The average Bonchev–Trinajstić information content (AvgIpc) is 2.94. The molecule has 1 aromatic carbocycles. The number of thioether (sulfide) groups is 1. The summed E-state index contributed by atoms with van der Waals surface area (Å²) < 4.78 is 13.6. The fourth-order valence-electron chi connectivity index (χ4n) is 3.07. The number of aryl methyl sites for hydroxylation is 2. The number of benzene rings is 1. The van der Waals surface area contributed by atoms with Crippen LogP contribution in [0.5, 0.6) is 0 Å². The van der Waals surface area contributed by atoms with Gasteiger partial charge in [-0.1, -0.05) is 0 Å². The number of hydrogen-bond acceptors (Lipinski definition) is 6. The van der Waals surface area contributed by atoms with Crippen LogP contribution < -0.4 is 11.0 Å². The molecule has 0 aliphatic carbocycles. The van der Waals surface area contributed by atoms with Gasteiger partial charge in [-0.15, -0.1) is 23.1 Å². The normalized spacial score (nSPS) is 15.0. The molecule has 1 aliphatic heterocycles. The monoisotopic (exact) mass is 416 g/mol. The second-order valence-electron chi connectivity index (χ2n) is 6.49. The van der Waals surface area contributed by atoms with Gasteiger partial charge in [0.25, 0.3) is 5.56 Å². The molecule has 28 heavy (non-hydrogen) atoms. The summed E-state index contributed by atoms with van der Waals surface area (Å²) in [5.41, 5.74) is 4.52. The topological polar surface area (TPSA) is 87.2 Å². The van der Waals surface area contributed by atoms with Crippen molar-refractivity contribution < 1.29 is 9.18 Å². The number of thiophene rings is 1. The van der Waals surface area contributed by atoms with Crippen molar-refractivity contribution in [3.63, 3.8) is 0 Å². The van der Waals surface area contributed by atoms with E-state index in [1.165, 1.54) is 23.5 Å². The van der Waals surface area contributed by atoms with Gasteiger partial charge < -0.3 is 4.98 Å². The van der Waals surface area contributed by atoms with Gasteiger partial charge in [0.05, 0.1) is 17.5 Å². The molecule has 6 nitrogen and oxygen atoms in total. The van der Waals surface area contributed by atoms with Crippen molar-refractivity contribution >= 4 is 44.9 Å². The number of H-pyrrole nitrogens is 1. The van der Waals surface area contributed by atoms with E-state index in [2.05, 4.69) is 20.5 Å². The highest BCUT2D eigenvalue weighted by Gasteiger charge is 2.18. The number of aromatic nitrogens is 2. The molecule has 144 valence electrons. The average molecular weight is 417 g/mol. The van der Waals surface area contributed by atoms with Gasteiger partial charge in [0, 0.05) is 27.5 Å². The van der Waals surface area contributed by atoms with Crippen molar-refractivity contribution in [2.75, 3.05) is 5.75 Å². The first-order chi connectivity index (χ1) is 13.4. The van der Waals surface area contributed by atoms with Crippen LogP contribution in [0.15, 0.2) is 33.0 Å². The highest BCUT2D eigenvalue weighted by atomic mass is 32.2. The molecule has 3 heterocycles. The number of carbonyl (C=O) groups is 1. The summed E-state index contributed by atoms with van der Waals surface area (Å²) in [5.74, 6) is 0.380. The number of aromatic amines is 1. The number of hydrogen-bond donors (Lipinski definition) is 2. The molecular weight excluding hydrogens is 399 g/mol. The van der Waals surface area contributed by atoms with E-state index in [1.807, 2.05) is 13.8 Å². The molecule has 0 unspecified atom stereocenters. The number of nitrogens with zero attached hydrogens (tertiary/aromatic N) is 2. The minimum Gasteiger partial charge on any atom is -0.309 e. The fraction of sp³-hybridized carbons (Fsp3) is 0.263. The van der Waals surface area contributed by atoms with E-state index in [0.29, 0.717) is 33.7 Å². The van der Waals surface area contributed by atoms with E-state index in [0.717, 1.165) is 21.1 Å². The Bertz CT molecular complexity index is 1180. The minimum absolute atomic E-state index is 0.0945. The number of hydrazone groups is 1. The maximum absolute atomic E-state index is 13.6. The van der Waals surface area contributed by atoms with E-state index in [1.54, 1.807) is 17.8 Å². The van der Waals surface area contributed by atoms with Crippen LogP contribution in [0, 0.1) is 19.7 Å². The van der Waals surface area contributed by atoms with Gasteiger partial charge in [-0.25, -0.2) is 14.8 Å². The van der Waals surface area contributed by atoms with E-state index < -0.39 is 5.91 Å². The summed E-state index contributed by atoms with van der Waals surface area (Å²) in [6.45, 7) is 3.82. The largest absolute Gasteiger partial charge is 0.309 e.